The van der Waals surface area contributed by atoms with Crippen molar-refractivity contribution in [1.29, 1.82) is 0 Å². The van der Waals surface area contributed by atoms with Gasteiger partial charge in [-0.15, -0.1) is 0 Å². The van der Waals surface area contributed by atoms with Crippen LogP contribution in [-0.4, -0.2) is 11.0 Å². The molecule has 0 aromatic carbocycles. The van der Waals surface area contributed by atoms with Gasteiger partial charge in [-0.25, -0.2) is 4.98 Å². The van der Waals surface area contributed by atoms with Gasteiger partial charge in [0.25, 0.3) is 0 Å². The van der Waals surface area contributed by atoms with Crippen LogP contribution in [0.1, 0.15) is 5.69 Å². The maximum atomic E-state index is 10.5. The molecule has 0 saturated carbocycles. The Morgan fingerprint density at radius 1 is 1.78 bits per heavy atom. The summed E-state index contributed by atoms with van der Waals surface area (Å²) >= 11 is 1.36. The first-order chi connectivity index (χ1) is 4.36. The van der Waals surface area contributed by atoms with Gasteiger partial charge >= 0.3 is 5.97 Å². The molecule has 1 aromatic heterocycles. The van der Waals surface area contributed by atoms with E-state index >= 15 is 0 Å². The van der Waals surface area contributed by atoms with Gasteiger partial charge in [0.1, 0.15) is 5.69 Å². The van der Waals surface area contributed by atoms with Gasteiger partial charge in [0.15, 0.2) is 0 Å². The van der Waals surface area contributed by atoms with E-state index in [0.717, 1.165) is 5.69 Å². The van der Waals surface area contributed by atoms with E-state index < -0.39 is 0 Å². The lowest BCUT2D eigenvalue weighted by Crippen LogP contribution is -2.00. The normalized spacial score (nSPS) is 15.3. The van der Waals surface area contributed by atoms with Crippen LogP contribution >= 0.6 is 11.3 Å². The van der Waals surface area contributed by atoms with E-state index in [0.29, 0.717) is 11.5 Å². The second kappa shape index (κ2) is 1.54. The fraction of sp³-hybridized carbons (Fsp3) is 0.200. The monoisotopic (exact) mass is 141 g/mol. The Kier molecular flexibility index (Phi) is 0.843. The van der Waals surface area contributed by atoms with E-state index in [2.05, 4.69) is 4.98 Å². The molecule has 0 atom stereocenters. The van der Waals surface area contributed by atoms with Crippen LogP contribution in [0.3, 0.4) is 0 Å². The second-order valence-electron chi connectivity index (χ2n) is 1.74. The highest BCUT2D eigenvalue weighted by Gasteiger charge is 2.22. The molecular weight excluding hydrogens is 138 g/mol. The fourth-order valence-corrected chi connectivity index (χ4v) is 1.41. The van der Waals surface area contributed by atoms with Gasteiger partial charge in [0.05, 0.1) is 11.9 Å². The molecule has 0 spiro atoms. The summed E-state index contributed by atoms with van der Waals surface area (Å²) in [5.74, 6) is -0.190. The number of hydrogen-bond donors (Lipinski definition) is 0. The summed E-state index contributed by atoms with van der Waals surface area (Å²) in [6.45, 7) is 0. The molecule has 9 heavy (non-hydrogen) atoms. The molecule has 2 heterocycles. The Bertz CT molecular complexity index is 233. The Balaban J connectivity index is 2.49. The van der Waals surface area contributed by atoms with E-state index in [9.17, 15) is 4.79 Å². The molecule has 46 valence electrons. The molecule has 1 aromatic rings. The molecule has 0 saturated heterocycles. The maximum Gasteiger partial charge on any atom is 0.318 e. The lowest BCUT2D eigenvalue weighted by molar-refractivity contribution is -0.131. The number of esters is 1. The summed E-state index contributed by atoms with van der Waals surface area (Å²) in [4.78, 5) is 14.4. The Morgan fingerprint density at radius 2 is 2.67 bits per heavy atom. The largest absolute Gasteiger partial charge is 0.413 e. The number of nitrogens with zero attached hydrogens (tertiary/aromatic N) is 1. The summed E-state index contributed by atoms with van der Waals surface area (Å²) in [7, 11) is 0. The molecule has 0 amide bonds. The summed E-state index contributed by atoms with van der Waals surface area (Å²) < 4.78 is 4.76. The third-order valence-electron chi connectivity index (χ3n) is 1.12. The molecule has 0 fully saturated rings. The highest BCUT2D eigenvalue weighted by Crippen LogP contribution is 2.28. The van der Waals surface area contributed by atoms with Gasteiger partial charge in [-0.1, -0.05) is 11.3 Å². The van der Waals surface area contributed by atoms with Gasteiger partial charge in [-0.05, 0) is 0 Å². The summed E-state index contributed by atoms with van der Waals surface area (Å²) in [6, 6.07) is 0. The number of aromatic nitrogens is 1. The number of rotatable bonds is 0. The smallest absolute Gasteiger partial charge is 0.318 e. The number of ether oxygens (including phenoxy) is 1. The van der Waals surface area contributed by atoms with E-state index in [1.807, 2.05) is 0 Å². The first-order valence-corrected chi connectivity index (χ1v) is 3.37. The standard InChI is InChI=1S/C5H3NO2S/c7-4-1-3-5(8-4)9-2-6-3/h2H,1H2. The van der Waals surface area contributed by atoms with Gasteiger partial charge < -0.3 is 4.74 Å². The third-order valence-corrected chi connectivity index (χ3v) is 1.87. The molecule has 1 aliphatic heterocycles. The zero-order chi connectivity index (χ0) is 6.27. The average Bonchev–Trinajstić information content (AvgIpc) is 2.22. The molecule has 0 aliphatic carbocycles. The van der Waals surface area contributed by atoms with Crippen molar-refractivity contribution < 1.29 is 9.53 Å². The van der Waals surface area contributed by atoms with Crippen molar-refractivity contribution in [2.75, 3.05) is 0 Å². The van der Waals surface area contributed by atoms with Crippen LogP contribution in [0.2, 0.25) is 0 Å². The topological polar surface area (TPSA) is 39.2 Å². The number of hydrogen-bond acceptors (Lipinski definition) is 4. The van der Waals surface area contributed by atoms with E-state index in [4.69, 9.17) is 4.74 Å². The van der Waals surface area contributed by atoms with Crippen LogP contribution in [0.15, 0.2) is 5.51 Å². The van der Waals surface area contributed by atoms with Crippen LogP contribution in [0, 0.1) is 0 Å². The van der Waals surface area contributed by atoms with E-state index in [1.165, 1.54) is 11.3 Å². The predicted molar refractivity (Wildman–Crippen MR) is 31.5 cm³/mol. The predicted octanol–water partition coefficient (Wildman–Crippen LogP) is 0.605. The number of thiazole rings is 1. The first-order valence-electron chi connectivity index (χ1n) is 2.49. The summed E-state index contributed by atoms with van der Waals surface area (Å²) in [5.41, 5.74) is 2.46. The van der Waals surface area contributed by atoms with Crippen molar-refractivity contribution in [3.8, 4) is 5.06 Å². The molecule has 2 rings (SSSR count). The quantitative estimate of drug-likeness (QED) is 0.497. The van der Waals surface area contributed by atoms with Crippen molar-refractivity contribution in [2.24, 2.45) is 0 Å². The minimum Gasteiger partial charge on any atom is -0.413 e. The molecule has 0 unspecified atom stereocenters. The van der Waals surface area contributed by atoms with Crippen molar-refractivity contribution in [3.63, 3.8) is 0 Å². The number of carbonyl (C=O) groups excluding carboxylic acids is 1. The summed E-state index contributed by atoms with van der Waals surface area (Å²) in [5, 5.41) is 0.667. The molecular formula is C5H3NO2S. The van der Waals surface area contributed by atoms with Crippen LogP contribution in [-0.2, 0) is 11.2 Å². The van der Waals surface area contributed by atoms with Crippen LogP contribution in [0.5, 0.6) is 5.06 Å². The van der Waals surface area contributed by atoms with Gasteiger partial charge in [0.2, 0.25) is 5.06 Å². The molecule has 0 radical (unpaired) electrons. The number of carbonyl (C=O) groups is 1. The van der Waals surface area contributed by atoms with Gasteiger partial charge in [-0.3, -0.25) is 4.79 Å². The molecule has 1 aliphatic rings. The lowest BCUT2D eigenvalue weighted by Gasteiger charge is -1.83. The SMILES string of the molecule is O=C1Cc2ncsc2O1. The zero-order valence-corrected chi connectivity index (χ0v) is 5.27. The fourth-order valence-electron chi connectivity index (χ4n) is 0.736. The Hall–Kier alpha value is -0.900. The lowest BCUT2D eigenvalue weighted by atomic mass is 10.4. The van der Waals surface area contributed by atoms with E-state index in [1.54, 1.807) is 5.51 Å². The molecule has 0 N–H and O–H groups in total. The maximum absolute atomic E-state index is 10.5. The Labute approximate surface area is 55.3 Å². The van der Waals surface area contributed by atoms with Crippen molar-refractivity contribution in [3.05, 3.63) is 11.2 Å². The molecule has 3 nitrogen and oxygen atoms in total. The van der Waals surface area contributed by atoms with Crippen molar-refractivity contribution in [2.45, 2.75) is 6.42 Å². The van der Waals surface area contributed by atoms with Crippen LogP contribution < -0.4 is 4.74 Å². The highest BCUT2D eigenvalue weighted by atomic mass is 32.1. The first kappa shape index (κ1) is 4.93. The molecule has 0 bridgehead atoms. The van der Waals surface area contributed by atoms with Crippen LogP contribution in [0.25, 0.3) is 0 Å². The second-order valence-corrected chi connectivity index (χ2v) is 2.55. The van der Waals surface area contributed by atoms with Crippen molar-refractivity contribution >= 4 is 17.3 Å². The summed E-state index contributed by atoms with van der Waals surface area (Å²) in [6.07, 6.45) is 0.346. The highest BCUT2D eigenvalue weighted by molar-refractivity contribution is 7.11. The van der Waals surface area contributed by atoms with Gasteiger partial charge in [-0.2, -0.15) is 0 Å². The van der Waals surface area contributed by atoms with Crippen LogP contribution in [0.4, 0.5) is 0 Å². The van der Waals surface area contributed by atoms with E-state index in [-0.39, 0.29) is 5.97 Å². The Morgan fingerprint density at radius 3 is 3.44 bits per heavy atom. The minimum absolute atomic E-state index is 0.190. The zero-order valence-electron chi connectivity index (χ0n) is 4.46. The third kappa shape index (κ3) is 0.632. The number of fused-ring (bicyclic) bond motifs is 1. The van der Waals surface area contributed by atoms with Gasteiger partial charge in [0, 0.05) is 0 Å². The minimum atomic E-state index is -0.190. The van der Waals surface area contributed by atoms with Crippen molar-refractivity contribution in [1.82, 2.24) is 4.98 Å². The average molecular weight is 141 g/mol. The molecule has 4 heteroatoms.